The number of carbonyl (C=O) groups excluding carboxylic acids is 1. The summed E-state index contributed by atoms with van der Waals surface area (Å²) in [5.41, 5.74) is 5.22. The molecule has 5 N–H and O–H groups in total. The Labute approximate surface area is 196 Å². The standard InChI is InChI=1S/C20H26FN5O3.C3H6N2/c1-11-17-15(19(28)26(22)20(29)25(17)14-3-4-14)9-16(21)18(11)24-8-6-13(10-24)5-7-23-12(2)27;4-2-1-3-5/h9,13-14H,3-8,10,22H2,1-2H3,(H,23,27);1-2,4H2. The van der Waals surface area contributed by atoms with E-state index in [1.54, 1.807) is 11.5 Å². The summed E-state index contributed by atoms with van der Waals surface area (Å²) in [6.45, 7) is 5.70. The number of nitrogens with two attached hydrogens (primary N) is 2. The number of amides is 1. The van der Waals surface area contributed by atoms with Gasteiger partial charge < -0.3 is 21.8 Å². The predicted octanol–water partition coefficient (Wildman–Crippen LogP) is 0.871. The molecule has 1 unspecified atom stereocenters. The van der Waals surface area contributed by atoms with Crippen molar-refractivity contribution < 1.29 is 9.18 Å². The van der Waals surface area contributed by atoms with E-state index in [0.717, 1.165) is 25.7 Å². The maximum absolute atomic E-state index is 15.1. The van der Waals surface area contributed by atoms with Crippen molar-refractivity contribution >= 4 is 22.5 Å². The first-order chi connectivity index (χ1) is 16.2. The lowest BCUT2D eigenvalue weighted by atomic mass is 10.0. The molecule has 2 heterocycles. The molecule has 1 aromatic heterocycles. The van der Waals surface area contributed by atoms with Crippen LogP contribution in [0.3, 0.4) is 0 Å². The number of fused-ring (bicyclic) bond motifs is 1. The van der Waals surface area contributed by atoms with Crippen molar-refractivity contribution in [1.82, 2.24) is 14.6 Å². The highest BCUT2D eigenvalue weighted by Crippen LogP contribution is 2.39. The number of halogens is 1. The van der Waals surface area contributed by atoms with Gasteiger partial charge in [0.1, 0.15) is 5.82 Å². The lowest BCUT2D eigenvalue weighted by Gasteiger charge is -2.24. The molecular weight excluding hydrogens is 441 g/mol. The van der Waals surface area contributed by atoms with Crippen LogP contribution in [0.25, 0.3) is 10.9 Å². The van der Waals surface area contributed by atoms with E-state index in [2.05, 4.69) is 5.32 Å². The largest absolute Gasteiger partial charge is 0.369 e. The summed E-state index contributed by atoms with van der Waals surface area (Å²) in [6.07, 6.45) is 3.88. The van der Waals surface area contributed by atoms with Gasteiger partial charge in [0, 0.05) is 51.1 Å². The Morgan fingerprint density at radius 3 is 2.59 bits per heavy atom. The second-order valence-corrected chi connectivity index (χ2v) is 8.86. The summed E-state index contributed by atoms with van der Waals surface area (Å²) in [6, 6.07) is 3.11. The molecule has 1 saturated heterocycles. The molecule has 10 nitrogen and oxygen atoms in total. The van der Waals surface area contributed by atoms with Gasteiger partial charge in [0.05, 0.1) is 22.7 Å². The molecule has 1 aliphatic heterocycles. The third kappa shape index (κ3) is 5.22. The van der Waals surface area contributed by atoms with Crippen molar-refractivity contribution in [2.45, 2.75) is 52.0 Å². The Hall–Kier alpha value is -3.39. The first-order valence-electron chi connectivity index (χ1n) is 11.5. The molecule has 0 spiro atoms. The van der Waals surface area contributed by atoms with Gasteiger partial charge >= 0.3 is 5.69 Å². The topological polar surface area (TPSA) is 152 Å². The van der Waals surface area contributed by atoms with Crippen LogP contribution in [0, 0.1) is 30.0 Å². The van der Waals surface area contributed by atoms with Crippen LogP contribution in [0.5, 0.6) is 0 Å². The number of anilines is 1. The molecule has 1 aliphatic carbocycles. The van der Waals surface area contributed by atoms with Gasteiger partial charge in [-0.15, -0.1) is 0 Å². The summed E-state index contributed by atoms with van der Waals surface area (Å²) in [7, 11) is 0. The Kier molecular flexibility index (Phi) is 7.94. The van der Waals surface area contributed by atoms with Gasteiger partial charge in [-0.25, -0.2) is 9.18 Å². The maximum atomic E-state index is 15.1. The van der Waals surface area contributed by atoms with Gasteiger partial charge in [0.25, 0.3) is 5.56 Å². The molecule has 2 fully saturated rings. The fraction of sp³-hybridized carbons (Fsp3) is 0.565. The van der Waals surface area contributed by atoms with Crippen molar-refractivity contribution in [2.24, 2.45) is 11.7 Å². The molecule has 0 radical (unpaired) electrons. The van der Waals surface area contributed by atoms with Crippen LogP contribution in [0.2, 0.25) is 0 Å². The second-order valence-electron chi connectivity index (χ2n) is 8.86. The Balaban J connectivity index is 0.000000588. The van der Waals surface area contributed by atoms with Crippen molar-refractivity contribution in [1.29, 1.82) is 5.26 Å². The fourth-order valence-electron chi connectivity index (χ4n) is 4.51. The summed E-state index contributed by atoms with van der Waals surface area (Å²) in [5, 5.41) is 10.7. The van der Waals surface area contributed by atoms with Crippen LogP contribution in [-0.2, 0) is 4.79 Å². The zero-order chi connectivity index (χ0) is 25.0. The minimum absolute atomic E-state index is 0.00129. The molecule has 1 amide bonds. The zero-order valence-electron chi connectivity index (χ0n) is 19.6. The van der Waals surface area contributed by atoms with Crippen molar-refractivity contribution in [3.05, 3.63) is 38.3 Å². The predicted molar refractivity (Wildman–Crippen MR) is 128 cm³/mol. The number of nitrogens with zero attached hydrogens (tertiary/aromatic N) is 4. The first kappa shape index (κ1) is 25.2. The molecule has 1 atom stereocenters. The number of aromatic nitrogens is 2. The zero-order valence-corrected chi connectivity index (χ0v) is 19.6. The lowest BCUT2D eigenvalue weighted by Crippen LogP contribution is -2.44. The molecular formula is C23H32FN7O3. The Bertz CT molecular complexity index is 1230. The van der Waals surface area contributed by atoms with E-state index in [4.69, 9.17) is 16.8 Å². The van der Waals surface area contributed by atoms with Crippen LogP contribution in [-0.4, -0.2) is 41.3 Å². The number of benzene rings is 1. The van der Waals surface area contributed by atoms with E-state index in [1.165, 1.54) is 13.0 Å². The molecule has 2 aromatic rings. The second kappa shape index (κ2) is 10.7. The smallest absolute Gasteiger partial charge is 0.350 e. The average molecular weight is 474 g/mol. The molecule has 184 valence electrons. The number of aryl methyl sites for hydroxylation is 1. The van der Waals surface area contributed by atoms with Gasteiger partial charge in [-0.3, -0.25) is 14.2 Å². The number of nitrogens with one attached hydrogen (secondary N) is 1. The number of hydrogen-bond acceptors (Lipinski definition) is 7. The fourth-order valence-corrected chi connectivity index (χ4v) is 4.51. The lowest BCUT2D eigenvalue weighted by molar-refractivity contribution is -0.118. The minimum Gasteiger partial charge on any atom is -0.369 e. The van der Waals surface area contributed by atoms with E-state index in [9.17, 15) is 14.4 Å². The van der Waals surface area contributed by atoms with Gasteiger partial charge in [-0.1, -0.05) is 0 Å². The quantitative estimate of drug-likeness (QED) is 0.526. The van der Waals surface area contributed by atoms with E-state index in [-0.39, 0.29) is 17.3 Å². The third-order valence-corrected chi connectivity index (χ3v) is 6.26. The molecule has 0 bridgehead atoms. The third-order valence-electron chi connectivity index (χ3n) is 6.26. The Morgan fingerprint density at radius 1 is 1.32 bits per heavy atom. The summed E-state index contributed by atoms with van der Waals surface area (Å²) < 4.78 is 17.2. The summed E-state index contributed by atoms with van der Waals surface area (Å²) >= 11 is 0. The van der Waals surface area contributed by atoms with E-state index in [1.807, 2.05) is 11.0 Å². The van der Waals surface area contributed by atoms with Crippen LogP contribution >= 0.6 is 0 Å². The van der Waals surface area contributed by atoms with Gasteiger partial charge in [0.15, 0.2) is 0 Å². The highest BCUT2D eigenvalue weighted by molar-refractivity contribution is 5.87. The molecule has 34 heavy (non-hydrogen) atoms. The van der Waals surface area contributed by atoms with Crippen LogP contribution < -0.4 is 33.0 Å². The van der Waals surface area contributed by atoms with E-state index < -0.39 is 17.1 Å². The Morgan fingerprint density at radius 2 is 2.03 bits per heavy atom. The van der Waals surface area contributed by atoms with Crippen molar-refractivity contribution in [3.63, 3.8) is 0 Å². The van der Waals surface area contributed by atoms with E-state index in [0.29, 0.717) is 60.0 Å². The number of carbonyl (C=O) groups is 1. The first-order valence-corrected chi connectivity index (χ1v) is 11.5. The number of nitriles is 1. The molecule has 1 saturated carbocycles. The average Bonchev–Trinajstić information content (AvgIpc) is 3.52. The van der Waals surface area contributed by atoms with Gasteiger partial charge in [0.2, 0.25) is 5.91 Å². The monoisotopic (exact) mass is 473 g/mol. The molecule has 4 rings (SSSR count). The number of rotatable bonds is 6. The highest BCUT2D eigenvalue weighted by atomic mass is 19.1. The number of hydrogen-bond donors (Lipinski definition) is 3. The normalized spacial score (nSPS) is 17.3. The SMILES string of the molecule is CC(=O)NCCC1CCN(c2c(F)cc3c(=O)n(N)c(=O)n(C4CC4)c3c2C)C1.N#CCCN. The van der Waals surface area contributed by atoms with Crippen molar-refractivity contribution in [2.75, 3.05) is 36.9 Å². The molecule has 11 heteroatoms. The van der Waals surface area contributed by atoms with Gasteiger partial charge in [-0.2, -0.15) is 9.94 Å². The van der Waals surface area contributed by atoms with Gasteiger partial charge in [-0.05, 0) is 44.6 Å². The number of nitrogen functional groups attached to an aromatic ring is 1. The molecule has 2 aliphatic rings. The summed E-state index contributed by atoms with van der Waals surface area (Å²) in [4.78, 5) is 38.2. The van der Waals surface area contributed by atoms with Crippen LogP contribution in [0.4, 0.5) is 10.1 Å². The maximum Gasteiger partial charge on any atom is 0.350 e. The van der Waals surface area contributed by atoms with Crippen molar-refractivity contribution in [3.8, 4) is 6.07 Å². The van der Waals surface area contributed by atoms with Crippen LogP contribution in [0.1, 0.15) is 50.6 Å². The summed E-state index contributed by atoms with van der Waals surface area (Å²) in [5.74, 6) is 5.48. The minimum atomic E-state index is -0.676. The van der Waals surface area contributed by atoms with E-state index >= 15 is 4.39 Å². The molecule has 1 aromatic carbocycles. The van der Waals surface area contributed by atoms with Crippen LogP contribution in [0.15, 0.2) is 15.7 Å². The highest BCUT2D eigenvalue weighted by Gasteiger charge is 2.32.